The standard InChI is InChI=1S/C12H17NO3/c1-7-8(2)12(16)13-9(5-11(7)15)3-4-10(13)6-14/h9-10,14H,3-6H2,1-2H3. The fourth-order valence-corrected chi connectivity index (χ4v) is 2.60. The number of allylic oxidation sites excluding steroid dienone is 1. The van der Waals surface area contributed by atoms with Gasteiger partial charge in [0.05, 0.1) is 12.6 Å². The van der Waals surface area contributed by atoms with E-state index in [1.54, 1.807) is 18.7 Å². The first kappa shape index (κ1) is 11.3. The minimum absolute atomic E-state index is 0.00968. The molecule has 2 rings (SSSR count). The third kappa shape index (κ3) is 1.57. The molecule has 2 aliphatic rings. The monoisotopic (exact) mass is 223 g/mol. The summed E-state index contributed by atoms with van der Waals surface area (Å²) in [6.45, 7) is 3.40. The summed E-state index contributed by atoms with van der Waals surface area (Å²) in [5.41, 5.74) is 1.11. The second-order valence-corrected chi connectivity index (χ2v) is 4.66. The highest BCUT2D eigenvalue weighted by Gasteiger charge is 2.40. The Morgan fingerprint density at radius 2 is 1.94 bits per heavy atom. The quantitative estimate of drug-likeness (QED) is 0.710. The van der Waals surface area contributed by atoms with Gasteiger partial charge in [-0.1, -0.05) is 0 Å². The van der Waals surface area contributed by atoms with Crippen LogP contribution in [0.5, 0.6) is 0 Å². The van der Waals surface area contributed by atoms with Crippen molar-refractivity contribution in [3.63, 3.8) is 0 Å². The number of nitrogens with zero attached hydrogens (tertiary/aromatic N) is 1. The van der Waals surface area contributed by atoms with Crippen molar-refractivity contribution in [1.29, 1.82) is 0 Å². The SMILES string of the molecule is CC1=C(C)C(=O)N2C(CO)CCC2CC1=O. The molecule has 1 saturated heterocycles. The summed E-state index contributed by atoms with van der Waals surface area (Å²) >= 11 is 0. The first-order valence-electron chi connectivity index (χ1n) is 5.70. The van der Waals surface area contributed by atoms with Gasteiger partial charge in [0.15, 0.2) is 5.78 Å². The average molecular weight is 223 g/mol. The van der Waals surface area contributed by atoms with E-state index in [1.807, 2.05) is 0 Å². The molecule has 1 N–H and O–H groups in total. The maximum absolute atomic E-state index is 12.2. The number of aliphatic hydroxyl groups is 1. The summed E-state index contributed by atoms with van der Waals surface area (Å²) in [7, 11) is 0. The van der Waals surface area contributed by atoms with E-state index in [-0.39, 0.29) is 30.4 Å². The normalized spacial score (nSPS) is 30.8. The van der Waals surface area contributed by atoms with Crippen LogP contribution in [0.3, 0.4) is 0 Å². The number of rotatable bonds is 1. The summed E-state index contributed by atoms with van der Waals surface area (Å²) in [6, 6.07) is -0.115. The maximum atomic E-state index is 12.2. The van der Waals surface area contributed by atoms with E-state index in [2.05, 4.69) is 0 Å². The third-order valence-electron chi connectivity index (χ3n) is 3.79. The molecule has 4 nitrogen and oxygen atoms in total. The molecule has 0 bridgehead atoms. The zero-order valence-corrected chi connectivity index (χ0v) is 9.69. The van der Waals surface area contributed by atoms with Gasteiger partial charge in [0.2, 0.25) is 5.91 Å². The molecule has 1 fully saturated rings. The van der Waals surface area contributed by atoms with Gasteiger partial charge in [0.25, 0.3) is 0 Å². The first-order valence-corrected chi connectivity index (χ1v) is 5.70. The van der Waals surface area contributed by atoms with Gasteiger partial charge in [0, 0.05) is 23.6 Å². The van der Waals surface area contributed by atoms with Gasteiger partial charge in [0.1, 0.15) is 0 Å². The van der Waals surface area contributed by atoms with Crippen LogP contribution in [-0.2, 0) is 9.59 Å². The van der Waals surface area contributed by atoms with Crippen molar-refractivity contribution in [3.8, 4) is 0 Å². The molecule has 0 aliphatic carbocycles. The molecule has 0 aromatic carbocycles. The van der Waals surface area contributed by atoms with Gasteiger partial charge in [-0.3, -0.25) is 9.59 Å². The minimum atomic E-state index is -0.105. The molecular weight excluding hydrogens is 206 g/mol. The number of carbonyl (C=O) groups excluding carboxylic acids is 2. The van der Waals surface area contributed by atoms with E-state index in [0.29, 0.717) is 17.6 Å². The predicted molar refractivity (Wildman–Crippen MR) is 58.7 cm³/mol. The van der Waals surface area contributed by atoms with Crippen molar-refractivity contribution in [2.45, 2.75) is 45.2 Å². The Kier molecular flexibility index (Phi) is 2.84. The Hall–Kier alpha value is -1.16. The zero-order chi connectivity index (χ0) is 11.9. The van der Waals surface area contributed by atoms with E-state index in [4.69, 9.17) is 0 Å². The van der Waals surface area contributed by atoms with Gasteiger partial charge in [-0.25, -0.2) is 0 Å². The molecule has 0 saturated carbocycles. The Balaban J connectivity index is 2.37. The molecule has 88 valence electrons. The van der Waals surface area contributed by atoms with Crippen molar-refractivity contribution in [2.24, 2.45) is 0 Å². The molecule has 0 spiro atoms. The predicted octanol–water partition coefficient (Wildman–Crippen LogP) is 0.647. The number of ketones is 1. The maximum Gasteiger partial charge on any atom is 0.250 e. The van der Waals surface area contributed by atoms with Crippen LogP contribution >= 0.6 is 0 Å². The lowest BCUT2D eigenvalue weighted by atomic mass is 10.0. The summed E-state index contributed by atoms with van der Waals surface area (Å²) in [5, 5.41) is 9.24. The van der Waals surface area contributed by atoms with Crippen LogP contribution in [0.25, 0.3) is 0 Å². The van der Waals surface area contributed by atoms with Crippen molar-refractivity contribution < 1.29 is 14.7 Å². The largest absolute Gasteiger partial charge is 0.394 e. The van der Waals surface area contributed by atoms with Crippen LogP contribution in [0.2, 0.25) is 0 Å². The number of carbonyl (C=O) groups is 2. The topological polar surface area (TPSA) is 57.6 Å². The van der Waals surface area contributed by atoms with E-state index in [0.717, 1.165) is 12.8 Å². The van der Waals surface area contributed by atoms with E-state index in [9.17, 15) is 14.7 Å². The number of Topliss-reactive ketones (excluding diaryl/α,β-unsaturated/α-hetero) is 1. The number of fused-ring (bicyclic) bond motifs is 1. The van der Waals surface area contributed by atoms with Crippen LogP contribution in [0.1, 0.15) is 33.1 Å². The zero-order valence-electron chi connectivity index (χ0n) is 9.69. The summed E-state index contributed by atoms with van der Waals surface area (Å²) in [5.74, 6) is -0.0122. The third-order valence-corrected chi connectivity index (χ3v) is 3.79. The van der Waals surface area contributed by atoms with Crippen LogP contribution in [0.15, 0.2) is 11.1 Å². The van der Waals surface area contributed by atoms with Gasteiger partial charge in [-0.2, -0.15) is 0 Å². The molecule has 1 amide bonds. The average Bonchev–Trinajstić information content (AvgIpc) is 2.65. The summed E-state index contributed by atoms with van der Waals surface area (Å²) in [4.78, 5) is 25.7. The molecule has 16 heavy (non-hydrogen) atoms. The number of aliphatic hydroxyl groups excluding tert-OH is 1. The van der Waals surface area contributed by atoms with Crippen molar-refractivity contribution in [1.82, 2.24) is 4.90 Å². The highest BCUT2D eigenvalue weighted by atomic mass is 16.3. The van der Waals surface area contributed by atoms with Crippen LogP contribution < -0.4 is 0 Å². The molecule has 2 unspecified atom stereocenters. The molecule has 0 aromatic heterocycles. The first-order chi connectivity index (χ1) is 7.56. The second kappa shape index (κ2) is 4.01. The highest BCUT2D eigenvalue weighted by Crippen LogP contribution is 2.31. The Bertz CT molecular complexity index is 372. The minimum Gasteiger partial charge on any atom is -0.394 e. The molecule has 2 heterocycles. The second-order valence-electron chi connectivity index (χ2n) is 4.66. The smallest absolute Gasteiger partial charge is 0.250 e. The van der Waals surface area contributed by atoms with E-state index < -0.39 is 0 Å². The molecular formula is C12H17NO3. The Morgan fingerprint density at radius 3 is 2.56 bits per heavy atom. The van der Waals surface area contributed by atoms with Gasteiger partial charge in [-0.05, 0) is 26.7 Å². The Morgan fingerprint density at radius 1 is 1.25 bits per heavy atom. The molecule has 4 heteroatoms. The van der Waals surface area contributed by atoms with Crippen molar-refractivity contribution in [2.75, 3.05) is 6.61 Å². The molecule has 2 atom stereocenters. The summed E-state index contributed by atoms with van der Waals surface area (Å²) < 4.78 is 0. The summed E-state index contributed by atoms with van der Waals surface area (Å²) in [6.07, 6.45) is 2.03. The van der Waals surface area contributed by atoms with Crippen LogP contribution in [0.4, 0.5) is 0 Å². The van der Waals surface area contributed by atoms with Crippen molar-refractivity contribution in [3.05, 3.63) is 11.1 Å². The Labute approximate surface area is 94.9 Å². The molecule has 2 aliphatic heterocycles. The fourth-order valence-electron chi connectivity index (χ4n) is 2.60. The molecule has 0 aromatic rings. The van der Waals surface area contributed by atoms with E-state index in [1.165, 1.54) is 0 Å². The van der Waals surface area contributed by atoms with Crippen LogP contribution in [-0.4, -0.2) is 40.4 Å². The number of amides is 1. The lowest BCUT2D eigenvalue weighted by molar-refractivity contribution is -0.130. The van der Waals surface area contributed by atoms with E-state index >= 15 is 0 Å². The van der Waals surface area contributed by atoms with Gasteiger partial charge < -0.3 is 10.0 Å². The highest BCUT2D eigenvalue weighted by molar-refractivity contribution is 6.07. The van der Waals surface area contributed by atoms with Gasteiger partial charge in [-0.15, -0.1) is 0 Å². The molecule has 0 radical (unpaired) electrons. The lowest BCUT2D eigenvalue weighted by Crippen LogP contribution is -2.42. The van der Waals surface area contributed by atoms with Crippen molar-refractivity contribution >= 4 is 11.7 Å². The number of hydrogen-bond donors (Lipinski definition) is 1. The number of hydrogen-bond acceptors (Lipinski definition) is 3. The lowest BCUT2D eigenvalue weighted by Gasteiger charge is -2.27. The fraction of sp³-hybridized carbons (Fsp3) is 0.667. The van der Waals surface area contributed by atoms with Gasteiger partial charge >= 0.3 is 0 Å². The van der Waals surface area contributed by atoms with Crippen LogP contribution in [0, 0.1) is 0 Å².